The van der Waals surface area contributed by atoms with E-state index in [4.69, 9.17) is 5.26 Å². The summed E-state index contributed by atoms with van der Waals surface area (Å²) in [6.45, 7) is 1.90. The first-order valence-electron chi connectivity index (χ1n) is 5.47. The summed E-state index contributed by atoms with van der Waals surface area (Å²) in [5.74, 6) is 0. The van der Waals surface area contributed by atoms with Gasteiger partial charge in [0.25, 0.3) is 5.69 Å². The Hall–Kier alpha value is -2.94. The fourth-order valence-electron chi connectivity index (χ4n) is 1.64. The molecule has 0 fully saturated rings. The van der Waals surface area contributed by atoms with Crippen LogP contribution in [0, 0.1) is 28.4 Å². The van der Waals surface area contributed by atoms with Crippen LogP contribution in [0.5, 0.6) is 0 Å². The topological polar surface area (TPSA) is 91.8 Å². The van der Waals surface area contributed by atoms with Crippen molar-refractivity contribution in [3.8, 4) is 6.07 Å². The van der Waals surface area contributed by atoms with Gasteiger partial charge in [-0.15, -0.1) is 0 Å². The van der Waals surface area contributed by atoms with E-state index in [1.54, 1.807) is 24.5 Å². The minimum absolute atomic E-state index is 0.0397. The molecule has 0 saturated carbocycles. The molecule has 94 valence electrons. The van der Waals surface area contributed by atoms with E-state index in [9.17, 15) is 10.1 Å². The lowest BCUT2D eigenvalue weighted by atomic mass is 10.1. The number of aryl methyl sites for hydroxylation is 1. The van der Waals surface area contributed by atoms with E-state index in [0.29, 0.717) is 5.69 Å². The number of rotatable bonds is 3. The zero-order chi connectivity index (χ0) is 13.8. The first-order chi connectivity index (χ1) is 9.10. The van der Waals surface area contributed by atoms with Gasteiger partial charge in [0.2, 0.25) is 0 Å². The van der Waals surface area contributed by atoms with E-state index in [0.717, 1.165) is 11.3 Å². The minimum Gasteiger partial charge on any atom is -0.354 e. The molecule has 1 heterocycles. The van der Waals surface area contributed by atoms with E-state index in [-0.39, 0.29) is 11.3 Å². The predicted octanol–water partition coefficient (Wildman–Crippen LogP) is 2.91. The summed E-state index contributed by atoms with van der Waals surface area (Å²) >= 11 is 0. The Morgan fingerprint density at radius 2 is 2.11 bits per heavy atom. The summed E-state index contributed by atoms with van der Waals surface area (Å²) in [6, 6.07) is 8.04. The van der Waals surface area contributed by atoms with E-state index in [2.05, 4.69) is 10.3 Å². The summed E-state index contributed by atoms with van der Waals surface area (Å²) in [5, 5.41) is 22.7. The molecule has 0 aliphatic carbocycles. The lowest BCUT2D eigenvalue weighted by molar-refractivity contribution is -0.385. The van der Waals surface area contributed by atoms with Crippen molar-refractivity contribution in [1.82, 2.24) is 4.98 Å². The number of hydrogen-bond acceptors (Lipinski definition) is 5. The van der Waals surface area contributed by atoms with Crippen LogP contribution in [0.4, 0.5) is 17.1 Å². The summed E-state index contributed by atoms with van der Waals surface area (Å²) in [7, 11) is 0. The van der Waals surface area contributed by atoms with Crippen molar-refractivity contribution in [2.75, 3.05) is 5.32 Å². The molecule has 0 atom stereocenters. The fraction of sp³-hybridized carbons (Fsp3) is 0.0769. The SMILES string of the molecule is Cc1cncc(Nc2ccc(C#N)c([N+](=O)[O-])c2)c1. The number of aromatic nitrogens is 1. The molecular formula is C13H10N4O2. The second-order valence-electron chi connectivity index (χ2n) is 3.98. The van der Waals surface area contributed by atoms with Crippen LogP contribution in [0.25, 0.3) is 0 Å². The lowest BCUT2D eigenvalue weighted by Crippen LogP contribution is -1.96. The highest BCUT2D eigenvalue weighted by Gasteiger charge is 2.14. The summed E-state index contributed by atoms with van der Waals surface area (Å²) in [4.78, 5) is 14.3. The second-order valence-corrected chi connectivity index (χ2v) is 3.98. The third kappa shape index (κ3) is 2.84. The quantitative estimate of drug-likeness (QED) is 0.671. The smallest absolute Gasteiger partial charge is 0.289 e. The van der Waals surface area contributed by atoms with Gasteiger partial charge in [-0.05, 0) is 30.7 Å². The van der Waals surface area contributed by atoms with Gasteiger partial charge in [-0.1, -0.05) is 0 Å². The molecule has 19 heavy (non-hydrogen) atoms. The maximum Gasteiger partial charge on any atom is 0.289 e. The minimum atomic E-state index is -0.571. The van der Waals surface area contributed by atoms with Crippen molar-refractivity contribution < 1.29 is 4.92 Å². The highest BCUT2D eigenvalue weighted by molar-refractivity contribution is 5.65. The zero-order valence-electron chi connectivity index (χ0n) is 10.1. The number of pyridine rings is 1. The monoisotopic (exact) mass is 254 g/mol. The first-order valence-corrected chi connectivity index (χ1v) is 5.47. The number of anilines is 2. The Labute approximate surface area is 109 Å². The Morgan fingerprint density at radius 1 is 1.32 bits per heavy atom. The molecule has 0 radical (unpaired) electrons. The zero-order valence-corrected chi connectivity index (χ0v) is 10.1. The number of nitriles is 1. The molecule has 6 nitrogen and oxygen atoms in total. The molecule has 0 saturated heterocycles. The van der Waals surface area contributed by atoms with Crippen LogP contribution in [0.2, 0.25) is 0 Å². The molecule has 1 aromatic heterocycles. The first kappa shape index (κ1) is 12.5. The summed E-state index contributed by atoms with van der Waals surface area (Å²) in [5.41, 5.74) is 2.08. The number of nitro benzene ring substituents is 1. The van der Waals surface area contributed by atoms with Gasteiger partial charge in [0.1, 0.15) is 11.6 Å². The van der Waals surface area contributed by atoms with Crippen LogP contribution in [0.15, 0.2) is 36.7 Å². The van der Waals surface area contributed by atoms with Gasteiger partial charge in [0.05, 0.1) is 16.8 Å². The third-order valence-corrected chi connectivity index (χ3v) is 2.48. The standard InChI is InChI=1S/C13H10N4O2/c1-9-4-12(8-15-7-9)16-11-3-2-10(6-14)13(5-11)17(18)19/h2-5,7-8,16H,1H3. The fourth-order valence-corrected chi connectivity index (χ4v) is 1.64. The summed E-state index contributed by atoms with van der Waals surface area (Å²) in [6.07, 6.45) is 3.34. The normalized spacial score (nSPS) is 9.68. The van der Waals surface area contributed by atoms with Crippen LogP contribution in [0.3, 0.4) is 0 Å². The van der Waals surface area contributed by atoms with Crippen molar-refractivity contribution in [2.45, 2.75) is 6.92 Å². The molecule has 0 bridgehead atoms. The Kier molecular flexibility index (Phi) is 3.39. The van der Waals surface area contributed by atoms with Crippen molar-refractivity contribution in [2.24, 2.45) is 0 Å². The van der Waals surface area contributed by atoms with Gasteiger partial charge in [-0.3, -0.25) is 15.1 Å². The van der Waals surface area contributed by atoms with Gasteiger partial charge in [0, 0.05) is 18.0 Å². The third-order valence-electron chi connectivity index (χ3n) is 2.48. The molecular weight excluding hydrogens is 244 g/mol. The lowest BCUT2D eigenvalue weighted by Gasteiger charge is -2.06. The molecule has 6 heteroatoms. The molecule has 0 unspecified atom stereocenters. The van der Waals surface area contributed by atoms with Crippen molar-refractivity contribution in [3.05, 3.63) is 57.9 Å². The number of nitrogens with zero attached hydrogens (tertiary/aromatic N) is 3. The van der Waals surface area contributed by atoms with E-state index in [1.165, 1.54) is 12.1 Å². The molecule has 2 aromatic rings. The van der Waals surface area contributed by atoms with Gasteiger partial charge in [-0.2, -0.15) is 5.26 Å². The summed E-state index contributed by atoms with van der Waals surface area (Å²) < 4.78 is 0. The number of nitro groups is 1. The van der Waals surface area contributed by atoms with E-state index in [1.807, 2.05) is 13.0 Å². The molecule has 0 aliphatic rings. The Bertz CT molecular complexity index is 677. The van der Waals surface area contributed by atoms with Gasteiger partial charge < -0.3 is 5.32 Å². The van der Waals surface area contributed by atoms with Gasteiger partial charge in [-0.25, -0.2) is 0 Å². The Balaban J connectivity index is 2.34. The van der Waals surface area contributed by atoms with Crippen LogP contribution in [-0.4, -0.2) is 9.91 Å². The van der Waals surface area contributed by atoms with Crippen molar-refractivity contribution in [1.29, 1.82) is 5.26 Å². The van der Waals surface area contributed by atoms with Crippen molar-refractivity contribution >= 4 is 17.1 Å². The van der Waals surface area contributed by atoms with Crippen LogP contribution < -0.4 is 5.32 Å². The van der Waals surface area contributed by atoms with Crippen molar-refractivity contribution in [3.63, 3.8) is 0 Å². The van der Waals surface area contributed by atoms with Crippen LogP contribution in [-0.2, 0) is 0 Å². The largest absolute Gasteiger partial charge is 0.354 e. The number of nitrogens with one attached hydrogen (secondary N) is 1. The second kappa shape index (κ2) is 5.14. The average Bonchev–Trinajstić information content (AvgIpc) is 2.38. The highest BCUT2D eigenvalue weighted by atomic mass is 16.6. The van der Waals surface area contributed by atoms with Gasteiger partial charge in [0.15, 0.2) is 0 Å². The molecule has 0 aliphatic heterocycles. The maximum atomic E-state index is 10.9. The van der Waals surface area contributed by atoms with E-state index >= 15 is 0 Å². The van der Waals surface area contributed by atoms with Crippen LogP contribution >= 0.6 is 0 Å². The van der Waals surface area contributed by atoms with Crippen LogP contribution in [0.1, 0.15) is 11.1 Å². The molecule has 2 rings (SSSR count). The van der Waals surface area contributed by atoms with E-state index < -0.39 is 4.92 Å². The average molecular weight is 254 g/mol. The number of benzene rings is 1. The predicted molar refractivity (Wildman–Crippen MR) is 70.1 cm³/mol. The number of hydrogen-bond donors (Lipinski definition) is 1. The maximum absolute atomic E-state index is 10.9. The molecule has 1 aromatic carbocycles. The van der Waals surface area contributed by atoms with Gasteiger partial charge >= 0.3 is 0 Å². The highest BCUT2D eigenvalue weighted by Crippen LogP contribution is 2.25. The molecule has 1 N–H and O–H groups in total. The Morgan fingerprint density at radius 3 is 2.74 bits per heavy atom. The molecule has 0 spiro atoms. The molecule has 0 amide bonds.